The Labute approximate surface area is 166 Å². The summed E-state index contributed by atoms with van der Waals surface area (Å²) in [6, 6.07) is 8.06. The summed E-state index contributed by atoms with van der Waals surface area (Å²) in [6.45, 7) is 4.17. The number of alkyl halides is 1. The molecule has 7 heteroatoms. The first-order valence-electron chi connectivity index (χ1n) is 6.18. The number of carboxylic acid groups (broad SMARTS) is 2. The number of carboxylic acids is 1. The number of carbonyl (C=O) groups excluding carboxylic acids is 1. The second-order valence-electron chi connectivity index (χ2n) is 4.02. The standard InChI is InChI=1S/C8H12INO2.C7H6O2.Na/c1-3-4-7(6(2)9)5-10-8(11)12;8-7(9)6-4-2-1-3-5-6;/h6-7,10H,5H2,1-2H3,(H,11,12);1-5H,(H,8,9);/q;;+1/p-1. The first-order chi connectivity index (χ1) is 9.88. The minimum absolute atomic E-state index is 0. The number of aromatic carboxylic acids is 1. The van der Waals surface area contributed by atoms with Crippen LogP contribution in [0.1, 0.15) is 24.2 Å². The van der Waals surface area contributed by atoms with Crippen LogP contribution in [0.3, 0.4) is 0 Å². The largest absolute Gasteiger partial charge is 1.00 e. The van der Waals surface area contributed by atoms with E-state index in [-0.39, 0.29) is 41.0 Å². The second-order valence-corrected chi connectivity index (χ2v) is 5.98. The summed E-state index contributed by atoms with van der Waals surface area (Å²) >= 11 is 2.24. The van der Waals surface area contributed by atoms with Gasteiger partial charge in [-0.25, -0.2) is 4.79 Å². The van der Waals surface area contributed by atoms with E-state index in [4.69, 9.17) is 5.11 Å². The van der Waals surface area contributed by atoms with Gasteiger partial charge in [-0.05, 0) is 12.5 Å². The molecule has 0 aliphatic rings. The molecule has 0 saturated heterocycles. The van der Waals surface area contributed by atoms with Crippen molar-refractivity contribution < 1.29 is 49.4 Å². The van der Waals surface area contributed by atoms with Gasteiger partial charge in [-0.1, -0.05) is 65.8 Å². The molecule has 0 aliphatic heterocycles. The Hall–Kier alpha value is -0.750. The quantitative estimate of drug-likeness (QED) is 0.274. The molecular formula is C15H17INNaO4. The van der Waals surface area contributed by atoms with Gasteiger partial charge < -0.3 is 20.3 Å². The molecule has 0 saturated carbocycles. The minimum atomic E-state index is -1.13. The molecule has 1 aromatic carbocycles. The molecule has 22 heavy (non-hydrogen) atoms. The molecule has 1 aromatic rings. The van der Waals surface area contributed by atoms with E-state index < -0.39 is 12.1 Å². The number of nitrogens with one attached hydrogen (secondary N) is 1. The fraction of sp³-hybridized carbons (Fsp3) is 0.333. The second kappa shape index (κ2) is 13.9. The van der Waals surface area contributed by atoms with Crippen LogP contribution in [0.15, 0.2) is 30.3 Å². The summed E-state index contributed by atoms with van der Waals surface area (Å²) in [5.41, 5.74) is 0.220. The van der Waals surface area contributed by atoms with Crippen molar-refractivity contribution in [3.8, 4) is 11.8 Å². The van der Waals surface area contributed by atoms with E-state index in [1.165, 1.54) is 12.1 Å². The van der Waals surface area contributed by atoms with Crippen molar-refractivity contribution >= 4 is 34.7 Å². The van der Waals surface area contributed by atoms with E-state index in [0.29, 0.717) is 10.5 Å². The summed E-state index contributed by atoms with van der Waals surface area (Å²) < 4.78 is 0.349. The fourth-order valence-electron chi connectivity index (χ4n) is 1.29. The predicted molar refractivity (Wildman–Crippen MR) is 87.2 cm³/mol. The number of hydrogen-bond acceptors (Lipinski definition) is 3. The summed E-state index contributed by atoms with van der Waals surface area (Å²) in [6.07, 6.45) is -0.991. The Kier molecular flexibility index (Phi) is 14.8. The van der Waals surface area contributed by atoms with Gasteiger partial charge in [0.15, 0.2) is 0 Å². The molecule has 0 bridgehead atoms. The zero-order valence-corrected chi connectivity index (χ0v) is 17.0. The van der Waals surface area contributed by atoms with E-state index >= 15 is 0 Å². The van der Waals surface area contributed by atoms with Crippen molar-refractivity contribution in [1.82, 2.24) is 5.32 Å². The van der Waals surface area contributed by atoms with Crippen LogP contribution in [-0.2, 0) is 0 Å². The number of carbonyl (C=O) groups is 2. The maximum absolute atomic E-state index is 10.2. The van der Waals surface area contributed by atoms with Crippen LogP contribution in [0, 0.1) is 17.8 Å². The van der Waals surface area contributed by atoms with Gasteiger partial charge in [0.05, 0.1) is 5.97 Å². The molecule has 1 rings (SSSR count). The summed E-state index contributed by atoms with van der Waals surface area (Å²) in [5.74, 6) is 4.71. The van der Waals surface area contributed by atoms with Gasteiger partial charge in [0.1, 0.15) is 0 Å². The average molecular weight is 425 g/mol. The first-order valence-corrected chi connectivity index (χ1v) is 7.42. The summed E-state index contributed by atoms with van der Waals surface area (Å²) in [5, 5.41) is 20.8. The Bertz CT molecular complexity index is 511. The van der Waals surface area contributed by atoms with Crippen LogP contribution >= 0.6 is 22.6 Å². The van der Waals surface area contributed by atoms with Crippen LogP contribution in [0.5, 0.6) is 0 Å². The molecule has 1 amide bonds. The van der Waals surface area contributed by atoms with E-state index in [1.807, 2.05) is 6.92 Å². The van der Waals surface area contributed by atoms with E-state index in [9.17, 15) is 14.7 Å². The predicted octanol–water partition coefficient (Wildman–Crippen LogP) is -1.23. The van der Waals surface area contributed by atoms with Crippen molar-refractivity contribution in [2.45, 2.75) is 17.8 Å². The van der Waals surface area contributed by atoms with E-state index in [1.54, 1.807) is 25.1 Å². The normalized spacial score (nSPS) is 11.2. The number of rotatable bonds is 4. The number of benzene rings is 1. The molecule has 0 aromatic heterocycles. The fourth-order valence-corrected chi connectivity index (χ4v) is 1.72. The van der Waals surface area contributed by atoms with Crippen molar-refractivity contribution in [1.29, 1.82) is 0 Å². The third kappa shape index (κ3) is 11.9. The molecular weight excluding hydrogens is 408 g/mol. The van der Waals surface area contributed by atoms with Crippen LogP contribution < -0.4 is 40.0 Å². The monoisotopic (exact) mass is 425 g/mol. The molecule has 5 nitrogen and oxygen atoms in total. The van der Waals surface area contributed by atoms with Gasteiger partial charge in [0, 0.05) is 16.4 Å². The molecule has 2 unspecified atom stereocenters. The van der Waals surface area contributed by atoms with E-state index in [2.05, 4.69) is 39.7 Å². The molecule has 2 atom stereocenters. The molecule has 0 heterocycles. The van der Waals surface area contributed by atoms with Crippen LogP contribution in [-0.4, -0.2) is 27.6 Å². The first kappa shape index (κ1) is 23.5. The molecule has 0 spiro atoms. The van der Waals surface area contributed by atoms with Crippen molar-refractivity contribution in [3.63, 3.8) is 0 Å². The molecule has 0 aliphatic carbocycles. The molecule has 0 fully saturated rings. The smallest absolute Gasteiger partial charge is 0.545 e. The molecule has 0 radical (unpaired) electrons. The topological polar surface area (TPSA) is 89.5 Å². The molecule has 2 N–H and O–H groups in total. The van der Waals surface area contributed by atoms with Crippen molar-refractivity contribution in [3.05, 3.63) is 35.9 Å². The zero-order valence-electron chi connectivity index (χ0n) is 12.8. The third-order valence-corrected chi connectivity index (χ3v) is 3.23. The Balaban J connectivity index is 0. The minimum Gasteiger partial charge on any atom is -0.545 e. The zero-order chi connectivity index (χ0) is 16.3. The van der Waals surface area contributed by atoms with Crippen molar-refractivity contribution in [2.24, 2.45) is 5.92 Å². The number of amides is 1. The number of hydrogen-bond donors (Lipinski definition) is 2. The maximum Gasteiger partial charge on any atom is 1.00 e. The van der Waals surface area contributed by atoms with Gasteiger partial charge in [0.2, 0.25) is 0 Å². The Morgan fingerprint density at radius 2 is 1.91 bits per heavy atom. The SMILES string of the molecule is CC#CC(CNC(=O)O)C(C)I.O=C([O-])c1ccccc1.[Na+]. The van der Waals surface area contributed by atoms with Crippen LogP contribution in [0.25, 0.3) is 0 Å². The van der Waals surface area contributed by atoms with Gasteiger partial charge in [0.25, 0.3) is 0 Å². The summed E-state index contributed by atoms with van der Waals surface area (Å²) in [4.78, 5) is 20.3. The Morgan fingerprint density at radius 3 is 2.23 bits per heavy atom. The van der Waals surface area contributed by atoms with Gasteiger partial charge in [-0.15, -0.1) is 5.92 Å². The van der Waals surface area contributed by atoms with Gasteiger partial charge >= 0.3 is 35.7 Å². The van der Waals surface area contributed by atoms with Gasteiger partial charge in [-0.2, -0.15) is 0 Å². The summed E-state index contributed by atoms with van der Waals surface area (Å²) in [7, 11) is 0. The van der Waals surface area contributed by atoms with Crippen molar-refractivity contribution in [2.75, 3.05) is 6.54 Å². The average Bonchev–Trinajstić information content (AvgIpc) is 2.44. The number of halogens is 1. The van der Waals surface area contributed by atoms with Gasteiger partial charge in [-0.3, -0.25) is 0 Å². The third-order valence-electron chi connectivity index (χ3n) is 2.37. The maximum atomic E-state index is 10.2. The van der Waals surface area contributed by atoms with Crippen LogP contribution in [0.2, 0.25) is 0 Å². The van der Waals surface area contributed by atoms with E-state index in [0.717, 1.165) is 0 Å². The Morgan fingerprint density at radius 1 is 1.36 bits per heavy atom. The van der Waals surface area contributed by atoms with Crippen LogP contribution in [0.4, 0.5) is 4.79 Å². The molecule has 114 valence electrons.